The van der Waals surface area contributed by atoms with Crippen molar-refractivity contribution in [2.45, 2.75) is 58.1 Å². The molecule has 110 valence electrons. The summed E-state index contributed by atoms with van der Waals surface area (Å²) in [5.41, 5.74) is 5.81. The second-order valence-corrected chi connectivity index (χ2v) is 6.43. The van der Waals surface area contributed by atoms with Gasteiger partial charge in [-0.15, -0.1) is 0 Å². The largest absolute Gasteiger partial charge is 0.374 e. The minimum Gasteiger partial charge on any atom is -0.374 e. The van der Waals surface area contributed by atoms with E-state index < -0.39 is 0 Å². The highest BCUT2D eigenvalue weighted by molar-refractivity contribution is 5.77. The molecule has 19 heavy (non-hydrogen) atoms. The molecule has 3 atom stereocenters. The van der Waals surface area contributed by atoms with Crippen molar-refractivity contribution in [3.8, 4) is 0 Å². The van der Waals surface area contributed by atoms with Crippen LogP contribution < -0.4 is 5.73 Å². The van der Waals surface area contributed by atoms with Crippen LogP contribution in [-0.2, 0) is 9.53 Å². The highest BCUT2D eigenvalue weighted by atomic mass is 16.5. The SMILES string of the molecule is CC(C)CC(CN)CC(=O)N1CCOC2CCCC21. The fourth-order valence-corrected chi connectivity index (χ4v) is 3.53. The van der Waals surface area contributed by atoms with Crippen LogP contribution in [-0.4, -0.2) is 42.6 Å². The lowest BCUT2D eigenvalue weighted by Gasteiger charge is -2.38. The summed E-state index contributed by atoms with van der Waals surface area (Å²) in [5, 5.41) is 0. The van der Waals surface area contributed by atoms with Crippen molar-refractivity contribution >= 4 is 5.91 Å². The van der Waals surface area contributed by atoms with Gasteiger partial charge in [-0.05, 0) is 44.1 Å². The lowest BCUT2D eigenvalue weighted by Crippen LogP contribution is -2.51. The highest BCUT2D eigenvalue weighted by Crippen LogP contribution is 2.30. The Kier molecular flexibility index (Phi) is 5.22. The summed E-state index contributed by atoms with van der Waals surface area (Å²) in [4.78, 5) is 14.6. The van der Waals surface area contributed by atoms with E-state index in [0.717, 1.165) is 25.8 Å². The monoisotopic (exact) mass is 268 g/mol. The van der Waals surface area contributed by atoms with Gasteiger partial charge in [0.25, 0.3) is 0 Å². The van der Waals surface area contributed by atoms with Gasteiger partial charge in [-0.1, -0.05) is 13.8 Å². The van der Waals surface area contributed by atoms with Gasteiger partial charge in [-0.3, -0.25) is 4.79 Å². The first-order valence-corrected chi connectivity index (χ1v) is 7.73. The Labute approximate surface area is 116 Å². The molecular weight excluding hydrogens is 240 g/mol. The summed E-state index contributed by atoms with van der Waals surface area (Å²) in [6.45, 7) is 6.45. The summed E-state index contributed by atoms with van der Waals surface area (Å²) < 4.78 is 5.76. The number of ether oxygens (including phenoxy) is 1. The van der Waals surface area contributed by atoms with Crippen molar-refractivity contribution < 1.29 is 9.53 Å². The number of fused-ring (bicyclic) bond motifs is 1. The molecule has 1 amide bonds. The van der Waals surface area contributed by atoms with E-state index in [2.05, 4.69) is 18.7 Å². The molecule has 2 aliphatic rings. The third-order valence-corrected chi connectivity index (χ3v) is 4.40. The fourth-order valence-electron chi connectivity index (χ4n) is 3.53. The quantitative estimate of drug-likeness (QED) is 0.827. The standard InChI is InChI=1S/C15H28N2O2/c1-11(2)8-12(10-16)9-15(18)17-6-7-19-14-5-3-4-13(14)17/h11-14H,3-10,16H2,1-2H3. The second-order valence-electron chi connectivity index (χ2n) is 6.43. The van der Waals surface area contributed by atoms with Crippen molar-refractivity contribution in [1.29, 1.82) is 0 Å². The van der Waals surface area contributed by atoms with Crippen LogP contribution in [0, 0.1) is 11.8 Å². The van der Waals surface area contributed by atoms with E-state index in [4.69, 9.17) is 10.5 Å². The lowest BCUT2D eigenvalue weighted by atomic mass is 9.93. The van der Waals surface area contributed by atoms with Crippen molar-refractivity contribution in [3.05, 3.63) is 0 Å². The van der Waals surface area contributed by atoms with E-state index in [9.17, 15) is 4.79 Å². The van der Waals surface area contributed by atoms with E-state index in [0.29, 0.717) is 43.6 Å². The van der Waals surface area contributed by atoms with Crippen LogP contribution in [0.5, 0.6) is 0 Å². The summed E-state index contributed by atoms with van der Waals surface area (Å²) >= 11 is 0. The smallest absolute Gasteiger partial charge is 0.223 e. The zero-order valence-corrected chi connectivity index (χ0v) is 12.3. The predicted molar refractivity (Wildman–Crippen MR) is 75.7 cm³/mol. The fraction of sp³-hybridized carbons (Fsp3) is 0.933. The average molecular weight is 268 g/mol. The topological polar surface area (TPSA) is 55.6 Å². The molecule has 0 aromatic carbocycles. The van der Waals surface area contributed by atoms with Gasteiger partial charge in [-0.2, -0.15) is 0 Å². The first kappa shape index (κ1) is 14.8. The molecule has 1 saturated carbocycles. The molecular formula is C15H28N2O2. The molecule has 1 heterocycles. The molecule has 1 aliphatic carbocycles. The molecule has 4 heteroatoms. The Morgan fingerprint density at radius 1 is 1.42 bits per heavy atom. The molecule has 0 bridgehead atoms. The molecule has 0 radical (unpaired) electrons. The maximum absolute atomic E-state index is 12.5. The molecule has 2 rings (SSSR count). The van der Waals surface area contributed by atoms with Crippen LogP contribution in [0.25, 0.3) is 0 Å². The summed E-state index contributed by atoms with van der Waals surface area (Å²) in [6, 6.07) is 0.332. The first-order chi connectivity index (χ1) is 9.11. The number of carbonyl (C=O) groups excluding carboxylic acids is 1. The van der Waals surface area contributed by atoms with Crippen LogP contribution in [0.2, 0.25) is 0 Å². The van der Waals surface area contributed by atoms with Gasteiger partial charge >= 0.3 is 0 Å². The molecule has 1 saturated heterocycles. The number of rotatable bonds is 5. The zero-order chi connectivity index (χ0) is 13.8. The van der Waals surface area contributed by atoms with E-state index in [1.165, 1.54) is 6.42 Å². The number of nitrogens with zero attached hydrogens (tertiary/aromatic N) is 1. The molecule has 4 nitrogen and oxygen atoms in total. The minimum absolute atomic E-state index is 0.288. The van der Waals surface area contributed by atoms with Gasteiger partial charge in [0.2, 0.25) is 5.91 Å². The first-order valence-electron chi connectivity index (χ1n) is 7.73. The molecule has 1 aliphatic heterocycles. The number of hydrogen-bond donors (Lipinski definition) is 1. The Morgan fingerprint density at radius 3 is 2.89 bits per heavy atom. The van der Waals surface area contributed by atoms with E-state index in [-0.39, 0.29) is 5.91 Å². The Bertz CT molecular complexity index is 307. The second kappa shape index (κ2) is 6.71. The Morgan fingerprint density at radius 2 is 2.21 bits per heavy atom. The van der Waals surface area contributed by atoms with Crippen LogP contribution >= 0.6 is 0 Å². The third-order valence-electron chi connectivity index (χ3n) is 4.40. The van der Waals surface area contributed by atoms with Gasteiger partial charge in [0.05, 0.1) is 18.8 Å². The number of morpholine rings is 1. The van der Waals surface area contributed by atoms with Crippen molar-refractivity contribution in [1.82, 2.24) is 4.90 Å². The predicted octanol–water partition coefficient (Wildman–Crippen LogP) is 1.78. The van der Waals surface area contributed by atoms with Gasteiger partial charge in [-0.25, -0.2) is 0 Å². The number of hydrogen-bond acceptors (Lipinski definition) is 3. The summed E-state index contributed by atoms with van der Waals surface area (Å²) in [7, 11) is 0. The van der Waals surface area contributed by atoms with Gasteiger partial charge in [0.1, 0.15) is 0 Å². The van der Waals surface area contributed by atoms with Crippen LogP contribution in [0.4, 0.5) is 0 Å². The zero-order valence-electron chi connectivity index (χ0n) is 12.3. The van der Waals surface area contributed by atoms with E-state index in [1.54, 1.807) is 0 Å². The minimum atomic E-state index is 0.288. The number of carbonyl (C=O) groups is 1. The highest BCUT2D eigenvalue weighted by Gasteiger charge is 2.38. The Hall–Kier alpha value is -0.610. The van der Waals surface area contributed by atoms with E-state index in [1.807, 2.05) is 0 Å². The van der Waals surface area contributed by atoms with Crippen molar-refractivity contribution in [2.24, 2.45) is 17.6 Å². The third kappa shape index (κ3) is 3.69. The van der Waals surface area contributed by atoms with Gasteiger partial charge in [0.15, 0.2) is 0 Å². The van der Waals surface area contributed by atoms with E-state index >= 15 is 0 Å². The maximum atomic E-state index is 12.5. The number of amides is 1. The normalized spacial score (nSPS) is 28.5. The van der Waals surface area contributed by atoms with Crippen molar-refractivity contribution in [2.75, 3.05) is 19.7 Å². The number of nitrogens with two attached hydrogens (primary N) is 1. The average Bonchev–Trinajstić information content (AvgIpc) is 2.85. The maximum Gasteiger partial charge on any atom is 0.223 e. The molecule has 0 aromatic heterocycles. The lowest BCUT2D eigenvalue weighted by molar-refractivity contribution is -0.145. The van der Waals surface area contributed by atoms with Crippen molar-refractivity contribution in [3.63, 3.8) is 0 Å². The molecule has 3 unspecified atom stereocenters. The van der Waals surface area contributed by atoms with Gasteiger partial charge < -0.3 is 15.4 Å². The molecule has 0 aromatic rings. The summed E-state index contributed by atoms with van der Waals surface area (Å²) in [5.74, 6) is 1.22. The van der Waals surface area contributed by atoms with Crippen LogP contribution in [0.15, 0.2) is 0 Å². The van der Waals surface area contributed by atoms with Crippen LogP contribution in [0.1, 0.15) is 46.0 Å². The van der Waals surface area contributed by atoms with Crippen LogP contribution in [0.3, 0.4) is 0 Å². The summed E-state index contributed by atoms with van der Waals surface area (Å²) in [6.07, 6.45) is 5.35. The Balaban J connectivity index is 1.90. The van der Waals surface area contributed by atoms with Gasteiger partial charge in [0, 0.05) is 13.0 Å². The molecule has 0 spiro atoms. The molecule has 2 fully saturated rings. The molecule has 2 N–H and O–H groups in total.